The third-order valence-corrected chi connectivity index (χ3v) is 6.82. The van der Waals surface area contributed by atoms with E-state index in [1.54, 1.807) is 37.5 Å². The third-order valence-electron chi connectivity index (χ3n) is 4.59. The van der Waals surface area contributed by atoms with E-state index in [1.807, 2.05) is 4.90 Å². The summed E-state index contributed by atoms with van der Waals surface area (Å²) in [5.41, 5.74) is 0. The Morgan fingerprint density at radius 1 is 1.27 bits per heavy atom. The molecule has 0 spiro atoms. The van der Waals surface area contributed by atoms with Gasteiger partial charge < -0.3 is 9.80 Å². The van der Waals surface area contributed by atoms with E-state index < -0.39 is 15.1 Å². The molecule has 3 atom stereocenters. The summed E-state index contributed by atoms with van der Waals surface area (Å²) in [6.07, 6.45) is 3.69. The van der Waals surface area contributed by atoms with Crippen LogP contribution in [0.3, 0.4) is 0 Å². The van der Waals surface area contributed by atoms with E-state index in [9.17, 15) is 13.2 Å². The van der Waals surface area contributed by atoms with Crippen LogP contribution in [0.2, 0.25) is 0 Å². The molecule has 2 aliphatic rings. The second-order valence-electron chi connectivity index (χ2n) is 6.15. The fourth-order valence-corrected chi connectivity index (χ4v) is 5.58. The predicted octanol–water partition coefficient (Wildman–Crippen LogP) is -0.196. The summed E-state index contributed by atoms with van der Waals surface area (Å²) in [6, 6.07) is 1.72. The van der Waals surface area contributed by atoms with E-state index in [1.165, 1.54) is 0 Å². The molecular weight excluding hydrogens is 304 g/mol. The molecule has 3 rings (SSSR count). The van der Waals surface area contributed by atoms with Gasteiger partial charge in [0.2, 0.25) is 11.9 Å². The van der Waals surface area contributed by atoms with Crippen LogP contribution in [0.25, 0.3) is 0 Å². The van der Waals surface area contributed by atoms with Gasteiger partial charge in [0.05, 0.1) is 11.0 Å². The minimum Gasteiger partial charge on any atom is -0.349 e. The highest BCUT2D eigenvalue weighted by Crippen LogP contribution is 2.38. The standard InChI is InChI=1S/C14H20N4O3S/c1-17(2)13(19)10-4-7-22(20,21)12-9-18(8-11(10)12)14-15-5-3-6-16-14/h3,5-6,10-12H,4,7-9H2,1-2H3/t10-,11+,12+/m1/s1. The van der Waals surface area contributed by atoms with Crippen LogP contribution in [0.15, 0.2) is 18.5 Å². The topological polar surface area (TPSA) is 83.5 Å². The summed E-state index contributed by atoms with van der Waals surface area (Å²) in [4.78, 5) is 24.2. The summed E-state index contributed by atoms with van der Waals surface area (Å²) in [6.45, 7) is 0.881. The van der Waals surface area contributed by atoms with E-state index in [4.69, 9.17) is 0 Å². The summed E-state index contributed by atoms with van der Waals surface area (Å²) >= 11 is 0. The number of fused-ring (bicyclic) bond motifs is 1. The van der Waals surface area contributed by atoms with Crippen LogP contribution < -0.4 is 4.90 Å². The first kappa shape index (κ1) is 15.2. The molecule has 0 radical (unpaired) electrons. The Balaban J connectivity index is 1.90. The average Bonchev–Trinajstić information content (AvgIpc) is 2.94. The first-order valence-corrected chi connectivity index (χ1v) is 9.06. The minimum atomic E-state index is -3.16. The lowest BCUT2D eigenvalue weighted by Gasteiger charge is -2.33. The van der Waals surface area contributed by atoms with Crippen LogP contribution in [-0.4, -0.2) is 67.4 Å². The van der Waals surface area contributed by atoms with E-state index in [2.05, 4.69) is 9.97 Å². The molecule has 0 N–H and O–H groups in total. The Labute approximate surface area is 130 Å². The first-order chi connectivity index (χ1) is 10.4. The minimum absolute atomic E-state index is 0.0146. The van der Waals surface area contributed by atoms with Crippen LogP contribution in [-0.2, 0) is 14.6 Å². The molecule has 3 heterocycles. The Morgan fingerprint density at radius 3 is 2.59 bits per heavy atom. The van der Waals surface area contributed by atoms with Crippen molar-refractivity contribution in [2.24, 2.45) is 11.8 Å². The Kier molecular flexibility index (Phi) is 3.80. The highest BCUT2D eigenvalue weighted by molar-refractivity contribution is 7.92. The first-order valence-electron chi connectivity index (χ1n) is 7.35. The number of rotatable bonds is 2. The number of amides is 1. The Hall–Kier alpha value is -1.70. The molecule has 1 aromatic rings. The molecule has 1 amide bonds. The highest BCUT2D eigenvalue weighted by atomic mass is 32.2. The second-order valence-corrected chi connectivity index (χ2v) is 8.49. The molecular formula is C14H20N4O3S. The van der Waals surface area contributed by atoms with Gasteiger partial charge in [0.25, 0.3) is 0 Å². The molecule has 2 fully saturated rings. The van der Waals surface area contributed by atoms with Crippen molar-refractivity contribution in [3.05, 3.63) is 18.5 Å². The average molecular weight is 324 g/mol. The van der Waals surface area contributed by atoms with Crippen molar-refractivity contribution in [3.8, 4) is 0 Å². The Morgan fingerprint density at radius 2 is 1.95 bits per heavy atom. The highest BCUT2D eigenvalue weighted by Gasteiger charge is 2.51. The lowest BCUT2D eigenvalue weighted by molar-refractivity contribution is -0.134. The maximum absolute atomic E-state index is 12.4. The zero-order valence-corrected chi connectivity index (χ0v) is 13.5. The zero-order chi connectivity index (χ0) is 15.9. The smallest absolute Gasteiger partial charge is 0.225 e. The lowest BCUT2D eigenvalue weighted by atomic mass is 9.87. The van der Waals surface area contributed by atoms with Crippen LogP contribution in [0.5, 0.6) is 0 Å². The molecule has 8 heteroatoms. The largest absolute Gasteiger partial charge is 0.349 e. The number of carbonyl (C=O) groups excluding carboxylic acids is 1. The summed E-state index contributed by atoms with van der Waals surface area (Å²) in [7, 11) is 0.270. The van der Waals surface area contributed by atoms with Crippen molar-refractivity contribution >= 4 is 21.7 Å². The van der Waals surface area contributed by atoms with Gasteiger partial charge in [0, 0.05) is 51.4 Å². The van der Waals surface area contributed by atoms with Gasteiger partial charge in [-0.1, -0.05) is 0 Å². The molecule has 1 aromatic heterocycles. The van der Waals surface area contributed by atoms with Crippen molar-refractivity contribution < 1.29 is 13.2 Å². The van der Waals surface area contributed by atoms with Crippen LogP contribution >= 0.6 is 0 Å². The van der Waals surface area contributed by atoms with Gasteiger partial charge in [0.15, 0.2) is 9.84 Å². The van der Waals surface area contributed by atoms with E-state index in [0.29, 0.717) is 25.5 Å². The number of nitrogens with zero attached hydrogens (tertiary/aromatic N) is 4. The third kappa shape index (κ3) is 2.55. The van der Waals surface area contributed by atoms with Crippen molar-refractivity contribution in [1.82, 2.24) is 14.9 Å². The maximum Gasteiger partial charge on any atom is 0.225 e. The summed E-state index contributed by atoms with van der Waals surface area (Å²) < 4.78 is 24.8. The number of hydrogen-bond acceptors (Lipinski definition) is 6. The van der Waals surface area contributed by atoms with Gasteiger partial charge in [0.1, 0.15) is 0 Å². The molecule has 22 heavy (non-hydrogen) atoms. The van der Waals surface area contributed by atoms with Gasteiger partial charge >= 0.3 is 0 Å². The van der Waals surface area contributed by atoms with Crippen LogP contribution in [0, 0.1) is 11.8 Å². The molecule has 7 nitrogen and oxygen atoms in total. The quantitative estimate of drug-likeness (QED) is 0.749. The molecule has 120 valence electrons. The van der Waals surface area contributed by atoms with Gasteiger partial charge in [-0.05, 0) is 12.5 Å². The van der Waals surface area contributed by atoms with Gasteiger partial charge in [-0.15, -0.1) is 0 Å². The SMILES string of the molecule is CN(C)C(=O)[C@@H]1CCS(=O)(=O)[C@H]2CN(c3ncccn3)C[C@@H]12. The molecule has 2 aliphatic heterocycles. The number of sulfone groups is 1. The fraction of sp³-hybridized carbons (Fsp3) is 0.643. The fourth-order valence-electron chi connectivity index (χ4n) is 3.48. The molecule has 0 aliphatic carbocycles. The van der Waals surface area contributed by atoms with Crippen LogP contribution in [0.1, 0.15) is 6.42 Å². The van der Waals surface area contributed by atoms with Gasteiger partial charge in [-0.3, -0.25) is 4.79 Å². The maximum atomic E-state index is 12.4. The van der Waals surface area contributed by atoms with Crippen molar-refractivity contribution in [1.29, 1.82) is 0 Å². The molecule has 0 unspecified atom stereocenters. The summed E-state index contributed by atoms with van der Waals surface area (Å²) in [5.74, 6) is 0.209. The lowest BCUT2D eigenvalue weighted by Crippen LogP contribution is -2.46. The number of carbonyl (C=O) groups is 1. The molecule has 2 saturated heterocycles. The van der Waals surface area contributed by atoms with Gasteiger partial charge in [-0.25, -0.2) is 18.4 Å². The van der Waals surface area contributed by atoms with Crippen molar-refractivity contribution in [2.45, 2.75) is 11.7 Å². The van der Waals surface area contributed by atoms with Gasteiger partial charge in [-0.2, -0.15) is 0 Å². The van der Waals surface area contributed by atoms with Crippen molar-refractivity contribution in [3.63, 3.8) is 0 Å². The number of aromatic nitrogens is 2. The molecule has 0 saturated carbocycles. The normalized spacial score (nSPS) is 29.9. The van der Waals surface area contributed by atoms with E-state index in [0.717, 1.165) is 0 Å². The molecule has 0 bridgehead atoms. The van der Waals surface area contributed by atoms with Crippen molar-refractivity contribution in [2.75, 3.05) is 37.8 Å². The number of anilines is 1. The second kappa shape index (κ2) is 5.49. The molecule has 0 aromatic carbocycles. The predicted molar refractivity (Wildman–Crippen MR) is 82.1 cm³/mol. The summed E-state index contributed by atoms with van der Waals surface area (Å²) in [5, 5.41) is -0.501. The van der Waals surface area contributed by atoms with E-state index >= 15 is 0 Å². The monoisotopic (exact) mass is 324 g/mol. The zero-order valence-electron chi connectivity index (χ0n) is 12.7. The van der Waals surface area contributed by atoms with E-state index in [-0.39, 0.29) is 23.5 Å². The Bertz CT molecular complexity index is 662. The van der Waals surface area contributed by atoms with Crippen LogP contribution in [0.4, 0.5) is 5.95 Å². The number of hydrogen-bond donors (Lipinski definition) is 0.